The number of benzene rings is 1. The lowest BCUT2D eigenvalue weighted by Crippen LogP contribution is -2.48. The van der Waals surface area contributed by atoms with E-state index in [1.165, 1.54) is 37.7 Å². The Morgan fingerprint density at radius 3 is 2.95 bits per heavy atom. The molecule has 1 heterocycles. The van der Waals surface area contributed by atoms with Crippen LogP contribution in [0.4, 0.5) is 0 Å². The summed E-state index contributed by atoms with van der Waals surface area (Å²) in [6, 6.07) is 8.67. The van der Waals surface area contributed by atoms with Crippen LogP contribution < -0.4 is 5.32 Å². The number of nitrogens with one attached hydrogen (secondary N) is 1. The molecule has 3 rings (SSSR count). The zero-order valence-corrected chi connectivity index (χ0v) is 12.1. The van der Waals surface area contributed by atoms with Gasteiger partial charge >= 0.3 is 0 Å². The minimum atomic E-state index is 0.371. The summed E-state index contributed by atoms with van der Waals surface area (Å²) < 4.78 is 0. The lowest BCUT2D eigenvalue weighted by molar-refractivity contribution is 0.105. The topological polar surface area (TPSA) is 32.3 Å². The highest BCUT2D eigenvalue weighted by Gasteiger charge is 2.38. The van der Waals surface area contributed by atoms with Gasteiger partial charge in [0.25, 0.3) is 0 Å². The fourth-order valence-electron chi connectivity index (χ4n) is 4.21. The fraction of sp³-hybridized carbons (Fsp3) is 0.556. The molecule has 0 radical (unpaired) electrons. The summed E-state index contributed by atoms with van der Waals surface area (Å²) in [4.78, 5) is 0. The first kappa shape index (κ1) is 13.7. The number of hydrogen-bond donors (Lipinski definition) is 2. The molecule has 0 spiro atoms. The quantitative estimate of drug-likeness (QED) is 0.808. The zero-order valence-electron chi connectivity index (χ0n) is 12.1. The average molecular weight is 271 g/mol. The summed E-state index contributed by atoms with van der Waals surface area (Å²) in [5.41, 5.74) is 1.23. The maximum atomic E-state index is 9.70. The smallest absolute Gasteiger partial charge is 0.115 e. The van der Waals surface area contributed by atoms with Crippen LogP contribution in [0.1, 0.15) is 50.1 Å². The molecule has 0 bridgehead atoms. The van der Waals surface area contributed by atoms with Crippen molar-refractivity contribution in [1.82, 2.24) is 5.32 Å². The van der Waals surface area contributed by atoms with Gasteiger partial charge in [0.1, 0.15) is 5.75 Å². The highest BCUT2D eigenvalue weighted by molar-refractivity contribution is 5.30. The van der Waals surface area contributed by atoms with Gasteiger partial charge in [-0.25, -0.2) is 0 Å². The van der Waals surface area contributed by atoms with E-state index in [1.807, 2.05) is 18.2 Å². The van der Waals surface area contributed by atoms with Crippen molar-refractivity contribution in [3.8, 4) is 5.75 Å². The second kappa shape index (κ2) is 6.01. The third-order valence-electron chi connectivity index (χ3n) is 5.13. The van der Waals surface area contributed by atoms with Crippen molar-refractivity contribution >= 4 is 0 Å². The molecule has 1 aromatic carbocycles. The lowest BCUT2D eigenvalue weighted by Gasteiger charge is -2.45. The second-order valence-corrected chi connectivity index (χ2v) is 6.39. The van der Waals surface area contributed by atoms with Gasteiger partial charge < -0.3 is 10.4 Å². The van der Waals surface area contributed by atoms with Crippen LogP contribution in [-0.2, 0) is 0 Å². The molecule has 3 unspecified atom stereocenters. The third-order valence-corrected chi connectivity index (χ3v) is 5.13. The largest absolute Gasteiger partial charge is 0.508 e. The number of hydrogen-bond acceptors (Lipinski definition) is 2. The van der Waals surface area contributed by atoms with E-state index >= 15 is 0 Å². The summed E-state index contributed by atoms with van der Waals surface area (Å²) in [5, 5.41) is 13.5. The Labute approximate surface area is 121 Å². The first-order valence-electron chi connectivity index (χ1n) is 7.94. The fourth-order valence-corrected chi connectivity index (χ4v) is 4.21. The Balaban J connectivity index is 1.81. The van der Waals surface area contributed by atoms with E-state index in [0.29, 0.717) is 17.8 Å². The van der Waals surface area contributed by atoms with Crippen LogP contribution in [0.3, 0.4) is 0 Å². The first-order chi connectivity index (χ1) is 9.78. The summed E-state index contributed by atoms with van der Waals surface area (Å²) in [6.45, 7) is 3.92. The standard InChI is InChI=1S/C18H25NO/c1-2-6-17-16-10-4-3-7-13(16)12-18(19-17)14-8-5-9-15(20)11-14/h2,5,8-9,11,13,16-20H,1,3-4,6-7,10,12H2/t13?,16?,17?,18-/m0/s1. The van der Waals surface area contributed by atoms with Crippen molar-refractivity contribution in [1.29, 1.82) is 0 Å². The van der Waals surface area contributed by atoms with Gasteiger partial charge in [0.05, 0.1) is 0 Å². The minimum absolute atomic E-state index is 0.371. The SMILES string of the molecule is C=CCC1N[C@H](c2cccc(O)c2)CC2CCCCC21. The van der Waals surface area contributed by atoms with Crippen LogP contribution in [-0.4, -0.2) is 11.1 Å². The Bertz CT molecular complexity index is 470. The number of piperidine rings is 1. The minimum Gasteiger partial charge on any atom is -0.508 e. The predicted molar refractivity (Wildman–Crippen MR) is 82.7 cm³/mol. The Hall–Kier alpha value is -1.28. The molecule has 1 saturated heterocycles. The van der Waals surface area contributed by atoms with E-state index in [9.17, 15) is 5.11 Å². The highest BCUT2D eigenvalue weighted by Crippen LogP contribution is 2.43. The van der Waals surface area contributed by atoms with Crippen LogP contribution in [0.2, 0.25) is 0 Å². The third kappa shape index (κ3) is 2.76. The Morgan fingerprint density at radius 1 is 1.30 bits per heavy atom. The van der Waals surface area contributed by atoms with E-state index in [1.54, 1.807) is 6.07 Å². The van der Waals surface area contributed by atoms with E-state index in [0.717, 1.165) is 18.3 Å². The van der Waals surface area contributed by atoms with E-state index in [2.05, 4.69) is 18.0 Å². The van der Waals surface area contributed by atoms with Crippen molar-refractivity contribution < 1.29 is 5.11 Å². The van der Waals surface area contributed by atoms with E-state index in [-0.39, 0.29) is 0 Å². The van der Waals surface area contributed by atoms with E-state index in [4.69, 9.17) is 0 Å². The Morgan fingerprint density at radius 2 is 2.15 bits per heavy atom. The molecular formula is C18H25NO. The molecule has 2 aliphatic rings. The lowest BCUT2D eigenvalue weighted by atomic mass is 9.68. The molecule has 2 heteroatoms. The molecule has 4 atom stereocenters. The van der Waals surface area contributed by atoms with Crippen molar-refractivity contribution in [3.63, 3.8) is 0 Å². The van der Waals surface area contributed by atoms with Gasteiger partial charge in [0, 0.05) is 12.1 Å². The Kier molecular flexibility index (Phi) is 4.11. The molecule has 2 fully saturated rings. The van der Waals surface area contributed by atoms with Crippen LogP contribution in [0.15, 0.2) is 36.9 Å². The van der Waals surface area contributed by atoms with Gasteiger partial charge in [0.15, 0.2) is 0 Å². The van der Waals surface area contributed by atoms with Crippen molar-refractivity contribution in [2.75, 3.05) is 0 Å². The number of rotatable bonds is 3. The van der Waals surface area contributed by atoms with Crippen LogP contribution in [0.25, 0.3) is 0 Å². The molecule has 108 valence electrons. The number of fused-ring (bicyclic) bond motifs is 1. The maximum Gasteiger partial charge on any atom is 0.115 e. The molecule has 1 aliphatic carbocycles. The van der Waals surface area contributed by atoms with Gasteiger partial charge in [-0.15, -0.1) is 6.58 Å². The molecule has 2 N–H and O–H groups in total. The summed E-state index contributed by atoms with van der Waals surface area (Å²) in [7, 11) is 0. The molecule has 0 amide bonds. The molecule has 1 aromatic rings. The normalized spacial score (nSPS) is 33.4. The summed E-state index contributed by atoms with van der Waals surface area (Å²) >= 11 is 0. The summed E-state index contributed by atoms with van der Waals surface area (Å²) in [5.74, 6) is 2.02. The monoisotopic (exact) mass is 271 g/mol. The highest BCUT2D eigenvalue weighted by atomic mass is 16.3. The van der Waals surface area contributed by atoms with Gasteiger partial charge in [-0.05, 0) is 48.8 Å². The van der Waals surface area contributed by atoms with Crippen LogP contribution >= 0.6 is 0 Å². The van der Waals surface area contributed by atoms with Gasteiger partial charge in [-0.3, -0.25) is 0 Å². The van der Waals surface area contributed by atoms with Gasteiger partial charge in [-0.1, -0.05) is 37.5 Å². The van der Waals surface area contributed by atoms with Crippen molar-refractivity contribution in [2.24, 2.45) is 11.8 Å². The first-order valence-corrected chi connectivity index (χ1v) is 7.94. The van der Waals surface area contributed by atoms with Gasteiger partial charge in [-0.2, -0.15) is 0 Å². The molecule has 2 nitrogen and oxygen atoms in total. The molecule has 1 saturated carbocycles. The van der Waals surface area contributed by atoms with Gasteiger partial charge in [0.2, 0.25) is 0 Å². The molecule has 1 aliphatic heterocycles. The number of phenols is 1. The van der Waals surface area contributed by atoms with E-state index < -0.39 is 0 Å². The molecule has 20 heavy (non-hydrogen) atoms. The maximum absolute atomic E-state index is 9.70. The van der Waals surface area contributed by atoms with Crippen LogP contribution in [0.5, 0.6) is 5.75 Å². The van der Waals surface area contributed by atoms with Crippen LogP contribution in [0, 0.1) is 11.8 Å². The molecular weight excluding hydrogens is 246 g/mol. The molecule has 0 aromatic heterocycles. The van der Waals surface area contributed by atoms with Crippen molar-refractivity contribution in [3.05, 3.63) is 42.5 Å². The average Bonchev–Trinajstić information content (AvgIpc) is 2.47. The van der Waals surface area contributed by atoms with Crippen molar-refractivity contribution in [2.45, 2.75) is 50.6 Å². The zero-order chi connectivity index (χ0) is 13.9. The second-order valence-electron chi connectivity index (χ2n) is 6.39. The predicted octanol–water partition coefficient (Wildman–Crippen LogP) is 4.18. The number of aromatic hydroxyl groups is 1. The number of phenolic OH excluding ortho intramolecular Hbond substituents is 1. The summed E-state index contributed by atoms with van der Waals surface area (Å²) in [6.07, 6.45) is 9.81.